The van der Waals surface area contributed by atoms with Crippen molar-refractivity contribution < 1.29 is 30.7 Å². The molecule has 0 unspecified atom stereocenters. The third-order valence-electron chi connectivity index (χ3n) is 7.14. The van der Waals surface area contributed by atoms with Crippen LogP contribution in [0.4, 0.5) is 0 Å². The highest BCUT2D eigenvalue weighted by atomic mass is 16.3. The molecule has 0 aliphatic rings. The minimum Gasteiger partial charge on any atom is -0.412 e. The molecule has 0 bridgehead atoms. The summed E-state index contributed by atoms with van der Waals surface area (Å²) in [5.41, 5.74) is 4.74. The number of nitrogens with one attached hydrogen (secondary N) is 2. The van der Waals surface area contributed by atoms with Gasteiger partial charge in [0.1, 0.15) is 0 Å². The third kappa shape index (κ3) is 18.1. The lowest BCUT2D eigenvalue weighted by Crippen LogP contribution is -2.44. The second kappa shape index (κ2) is 25.5. The number of carbonyl (C=O) groups excluding carboxylic acids is 1. The first-order valence-electron chi connectivity index (χ1n) is 15.9. The molecule has 2 aromatic rings. The van der Waals surface area contributed by atoms with Gasteiger partial charge in [-0.25, -0.2) is 0 Å². The van der Waals surface area contributed by atoms with E-state index in [1.54, 1.807) is 18.2 Å². The molecule has 0 radical (unpaired) electrons. The fourth-order valence-electron chi connectivity index (χ4n) is 4.49. The molecule has 4 atom stereocenters. The van der Waals surface area contributed by atoms with E-state index in [9.17, 15) is 25.2 Å². The van der Waals surface area contributed by atoms with Crippen LogP contribution in [0.15, 0.2) is 60.7 Å². The van der Waals surface area contributed by atoms with Crippen LogP contribution in [-0.4, -0.2) is 75.9 Å². The molecule has 0 saturated heterocycles. The number of hydrogen-bond acceptors (Lipinski definition) is 6. The second-order valence-electron chi connectivity index (χ2n) is 10.9. The Morgan fingerprint density at radius 1 is 0.705 bits per heavy atom. The number of amides is 1. The van der Waals surface area contributed by atoms with Crippen LogP contribution in [0.3, 0.4) is 0 Å². The molecule has 8 heteroatoms. The molecule has 0 saturated carbocycles. The molecule has 2 aromatic carbocycles. The van der Waals surface area contributed by atoms with Gasteiger partial charge in [-0.15, -0.1) is 0 Å². The number of carbonyl (C=O) groups is 1. The van der Waals surface area contributed by atoms with Crippen molar-refractivity contribution in [2.45, 2.75) is 103 Å². The fourth-order valence-corrected chi connectivity index (χ4v) is 4.49. The van der Waals surface area contributed by atoms with Crippen molar-refractivity contribution >= 4 is 18.1 Å². The minimum atomic E-state index is -0.918. The Morgan fingerprint density at radius 2 is 1.11 bits per heavy atom. The maximum Gasteiger partial charge on any atom is 0.217 e. The summed E-state index contributed by atoms with van der Waals surface area (Å²) in [6, 6.07) is 15.7. The first kappa shape index (κ1) is 41.1. The van der Waals surface area contributed by atoms with Gasteiger partial charge in [0.05, 0.1) is 37.5 Å². The summed E-state index contributed by atoms with van der Waals surface area (Å²) in [7, 11) is 0. The fraction of sp³-hybridized carbons (Fsp3) is 0.528. The van der Waals surface area contributed by atoms with Crippen LogP contribution in [0.25, 0.3) is 12.2 Å². The normalized spacial score (nSPS) is 13.9. The van der Waals surface area contributed by atoms with E-state index in [0.29, 0.717) is 0 Å². The predicted molar refractivity (Wildman–Crippen MR) is 182 cm³/mol. The van der Waals surface area contributed by atoms with Crippen molar-refractivity contribution in [3.05, 3.63) is 82.9 Å². The van der Waals surface area contributed by atoms with Crippen LogP contribution in [0.1, 0.15) is 88.5 Å². The van der Waals surface area contributed by atoms with Crippen LogP contribution < -0.4 is 10.6 Å². The van der Waals surface area contributed by atoms with E-state index in [0.717, 1.165) is 30.5 Å². The van der Waals surface area contributed by atoms with E-state index in [-0.39, 0.29) is 30.6 Å². The molecule has 1 amide bonds. The average Bonchev–Trinajstić information content (AvgIpc) is 3.01. The second-order valence-corrected chi connectivity index (χ2v) is 10.9. The SMILES string of the molecule is CCCCCc1ccc(/C=C/[C@H](O)[C@@H](CO)NC(C)=O)cc1.CCCCCc1ccc(/C=C/[C@H](O)[C@@H](CO)NCC)cc1.O. The first-order chi connectivity index (χ1) is 20.8. The number of unbranched alkanes of at least 4 members (excludes halogenated alkanes) is 4. The topological polar surface area (TPSA) is 154 Å². The monoisotopic (exact) mass is 614 g/mol. The molecule has 0 heterocycles. The predicted octanol–water partition coefficient (Wildman–Crippen LogP) is 4.23. The van der Waals surface area contributed by atoms with E-state index < -0.39 is 18.2 Å². The Balaban J connectivity index is 0.000000823. The molecule has 2 rings (SSSR count). The van der Waals surface area contributed by atoms with Crippen molar-refractivity contribution in [2.24, 2.45) is 0 Å². The average molecular weight is 615 g/mol. The van der Waals surface area contributed by atoms with Crippen molar-refractivity contribution in [1.29, 1.82) is 0 Å². The molecular formula is C36H58N2O6. The Morgan fingerprint density at radius 3 is 1.45 bits per heavy atom. The molecule has 44 heavy (non-hydrogen) atoms. The van der Waals surface area contributed by atoms with Gasteiger partial charge < -0.3 is 36.5 Å². The number of rotatable bonds is 19. The van der Waals surface area contributed by atoms with Gasteiger partial charge in [-0.05, 0) is 54.5 Å². The summed E-state index contributed by atoms with van der Waals surface area (Å²) in [6.07, 6.45) is 15.1. The van der Waals surface area contributed by atoms with Gasteiger partial charge in [-0.1, -0.05) is 119 Å². The van der Waals surface area contributed by atoms with Crippen LogP contribution in [0.5, 0.6) is 0 Å². The molecule has 0 aliphatic carbocycles. The number of aliphatic hydroxyl groups excluding tert-OH is 4. The van der Waals surface area contributed by atoms with E-state index in [2.05, 4.69) is 60.9 Å². The van der Waals surface area contributed by atoms with Crippen molar-refractivity contribution in [1.82, 2.24) is 10.6 Å². The summed E-state index contributed by atoms with van der Waals surface area (Å²) >= 11 is 0. The summed E-state index contributed by atoms with van der Waals surface area (Å²) < 4.78 is 0. The van der Waals surface area contributed by atoms with Crippen molar-refractivity contribution in [3.8, 4) is 0 Å². The number of aryl methyl sites for hydroxylation is 2. The van der Waals surface area contributed by atoms with Gasteiger partial charge in [-0.2, -0.15) is 0 Å². The van der Waals surface area contributed by atoms with E-state index in [1.807, 2.05) is 25.1 Å². The summed E-state index contributed by atoms with van der Waals surface area (Å²) in [5, 5.41) is 43.9. The zero-order valence-corrected chi connectivity index (χ0v) is 27.2. The molecule has 0 spiro atoms. The van der Waals surface area contributed by atoms with Gasteiger partial charge >= 0.3 is 0 Å². The maximum absolute atomic E-state index is 11.0. The van der Waals surface area contributed by atoms with Gasteiger partial charge in [0.25, 0.3) is 0 Å². The van der Waals surface area contributed by atoms with Gasteiger partial charge in [0, 0.05) is 6.92 Å². The number of benzene rings is 2. The number of aliphatic hydroxyl groups is 4. The Hall–Kier alpha value is -2.85. The molecule has 8 N–H and O–H groups in total. The maximum atomic E-state index is 11.0. The minimum absolute atomic E-state index is 0. The Labute approximate surface area is 265 Å². The highest BCUT2D eigenvalue weighted by Gasteiger charge is 2.16. The summed E-state index contributed by atoms with van der Waals surface area (Å²) in [4.78, 5) is 11.0. The molecule has 0 aliphatic heterocycles. The van der Waals surface area contributed by atoms with E-state index in [4.69, 9.17) is 0 Å². The smallest absolute Gasteiger partial charge is 0.217 e. The molecular weight excluding hydrogens is 556 g/mol. The zero-order chi connectivity index (χ0) is 31.9. The Kier molecular flexibility index (Phi) is 23.8. The lowest BCUT2D eigenvalue weighted by Gasteiger charge is -2.18. The standard InChI is InChI=1S/C18H27NO3.C18H29NO2.H2O/c1-3-4-5-6-15-7-9-16(10-8-15)11-12-18(22)17(13-20)19-14(2)21;1-3-5-6-7-15-8-10-16(11-9-15)12-13-18(21)17(14-20)19-4-2;/h7-12,17-18,20,22H,3-6,13H2,1-2H3,(H,19,21);8-13,17-21H,3-7,14H2,1-2H3;1H2/b12-11+;13-12+;/t2*17-,18+;/m11./s1. The summed E-state index contributed by atoms with van der Waals surface area (Å²) in [5.74, 6) is -0.275. The number of likely N-dealkylation sites (N-methyl/N-ethyl adjacent to an activating group) is 1. The Bertz CT molecular complexity index is 1040. The van der Waals surface area contributed by atoms with Gasteiger partial charge in [-0.3, -0.25) is 4.79 Å². The largest absolute Gasteiger partial charge is 0.412 e. The van der Waals surface area contributed by atoms with Crippen LogP contribution >= 0.6 is 0 Å². The molecule has 8 nitrogen and oxygen atoms in total. The van der Waals surface area contributed by atoms with Crippen LogP contribution in [-0.2, 0) is 17.6 Å². The highest BCUT2D eigenvalue weighted by molar-refractivity contribution is 5.73. The quantitative estimate of drug-likeness (QED) is 0.130. The first-order valence-corrected chi connectivity index (χ1v) is 15.9. The van der Waals surface area contributed by atoms with E-state index >= 15 is 0 Å². The molecule has 248 valence electrons. The van der Waals surface area contributed by atoms with Crippen LogP contribution in [0, 0.1) is 0 Å². The van der Waals surface area contributed by atoms with Crippen LogP contribution in [0.2, 0.25) is 0 Å². The third-order valence-corrected chi connectivity index (χ3v) is 7.14. The zero-order valence-electron chi connectivity index (χ0n) is 27.2. The van der Waals surface area contributed by atoms with Crippen molar-refractivity contribution in [2.75, 3.05) is 19.8 Å². The number of hydrogen-bond donors (Lipinski definition) is 6. The van der Waals surface area contributed by atoms with Gasteiger partial charge in [0.15, 0.2) is 0 Å². The van der Waals surface area contributed by atoms with Crippen molar-refractivity contribution in [3.63, 3.8) is 0 Å². The molecule has 0 aromatic heterocycles. The lowest BCUT2D eigenvalue weighted by atomic mass is 10.0. The highest BCUT2D eigenvalue weighted by Crippen LogP contribution is 2.12. The molecule has 0 fully saturated rings. The van der Waals surface area contributed by atoms with E-state index in [1.165, 1.54) is 56.6 Å². The van der Waals surface area contributed by atoms with Gasteiger partial charge in [0.2, 0.25) is 5.91 Å². The lowest BCUT2D eigenvalue weighted by molar-refractivity contribution is -0.120. The summed E-state index contributed by atoms with van der Waals surface area (Å²) in [6.45, 7) is 8.07.